The van der Waals surface area contributed by atoms with E-state index in [0.717, 1.165) is 0 Å². The molecule has 0 aliphatic heterocycles. The molecule has 0 aliphatic carbocycles. The molecule has 0 bridgehead atoms. The number of nitrogens with zero attached hydrogens (tertiary/aromatic N) is 2. The smallest absolute Gasteiger partial charge is 0.336 e. The summed E-state index contributed by atoms with van der Waals surface area (Å²) in [5.74, 6) is -1.37. The van der Waals surface area contributed by atoms with Gasteiger partial charge in [-0.25, -0.2) is 19.2 Å². The fraction of sp³-hybridized carbons (Fsp3) is 0. The zero-order valence-corrected chi connectivity index (χ0v) is 12.7. The molecule has 0 saturated carbocycles. The van der Waals surface area contributed by atoms with Crippen LogP contribution in [-0.4, -0.2) is 21.0 Å². The lowest BCUT2D eigenvalue weighted by Gasteiger charge is -2.03. The summed E-state index contributed by atoms with van der Waals surface area (Å²) < 4.78 is 19.1. The standard InChI is InChI=1S/C17H8ClFN2O3/c18-13-7-10(17(22)23)14-11(20-13)4-5-12-15(14)24-16(21-12)8-2-1-3-9(19)6-8/h1-7H,(H,22,23). The highest BCUT2D eigenvalue weighted by Gasteiger charge is 2.18. The highest BCUT2D eigenvalue weighted by Crippen LogP contribution is 2.32. The maximum absolute atomic E-state index is 13.4. The van der Waals surface area contributed by atoms with E-state index in [9.17, 15) is 14.3 Å². The minimum atomic E-state index is -1.15. The van der Waals surface area contributed by atoms with Crippen LogP contribution < -0.4 is 0 Å². The molecule has 0 unspecified atom stereocenters. The number of halogens is 2. The summed E-state index contributed by atoms with van der Waals surface area (Å²) >= 11 is 5.88. The zero-order valence-electron chi connectivity index (χ0n) is 12.0. The number of rotatable bonds is 2. The summed E-state index contributed by atoms with van der Waals surface area (Å²) in [5.41, 5.74) is 1.53. The van der Waals surface area contributed by atoms with Crippen molar-refractivity contribution in [1.29, 1.82) is 0 Å². The van der Waals surface area contributed by atoms with Crippen LogP contribution in [0, 0.1) is 5.82 Å². The van der Waals surface area contributed by atoms with Crippen molar-refractivity contribution in [2.75, 3.05) is 0 Å². The van der Waals surface area contributed by atoms with Crippen molar-refractivity contribution >= 4 is 39.6 Å². The quantitative estimate of drug-likeness (QED) is 0.541. The predicted octanol–water partition coefficient (Wildman–Crippen LogP) is 4.53. The number of carbonyl (C=O) groups is 1. The van der Waals surface area contributed by atoms with Gasteiger partial charge in [0.25, 0.3) is 0 Å². The van der Waals surface area contributed by atoms with E-state index < -0.39 is 11.8 Å². The summed E-state index contributed by atoms with van der Waals surface area (Å²) in [5, 5.41) is 9.81. The fourth-order valence-corrected chi connectivity index (χ4v) is 2.79. The van der Waals surface area contributed by atoms with E-state index in [1.807, 2.05) is 0 Å². The van der Waals surface area contributed by atoms with Gasteiger partial charge in [-0.2, -0.15) is 0 Å². The molecule has 7 heteroatoms. The van der Waals surface area contributed by atoms with Gasteiger partial charge >= 0.3 is 5.97 Å². The summed E-state index contributed by atoms with van der Waals surface area (Å²) in [6.45, 7) is 0. The molecular formula is C17H8ClFN2O3. The van der Waals surface area contributed by atoms with E-state index in [0.29, 0.717) is 22.0 Å². The SMILES string of the molecule is O=C(O)c1cc(Cl)nc2ccc3nc(-c4cccc(F)c4)oc3c12. The molecule has 24 heavy (non-hydrogen) atoms. The van der Waals surface area contributed by atoms with Gasteiger partial charge in [-0.15, -0.1) is 0 Å². The number of pyridine rings is 1. The van der Waals surface area contributed by atoms with Gasteiger partial charge in [0, 0.05) is 5.56 Å². The van der Waals surface area contributed by atoms with Crippen molar-refractivity contribution < 1.29 is 18.7 Å². The third kappa shape index (κ3) is 2.28. The second kappa shape index (κ2) is 5.28. The number of hydrogen-bond acceptors (Lipinski definition) is 4. The normalized spacial score (nSPS) is 11.2. The number of hydrogen-bond donors (Lipinski definition) is 1. The molecule has 0 radical (unpaired) electrons. The summed E-state index contributed by atoms with van der Waals surface area (Å²) in [7, 11) is 0. The number of aromatic carboxylic acids is 1. The zero-order chi connectivity index (χ0) is 16.8. The first-order chi connectivity index (χ1) is 11.5. The number of benzene rings is 2. The Morgan fingerprint density at radius 1 is 1.12 bits per heavy atom. The Kier molecular flexibility index (Phi) is 3.21. The van der Waals surface area contributed by atoms with Crippen LogP contribution in [-0.2, 0) is 0 Å². The first-order valence-electron chi connectivity index (χ1n) is 6.92. The second-order valence-electron chi connectivity index (χ2n) is 5.13. The van der Waals surface area contributed by atoms with Gasteiger partial charge in [0.05, 0.1) is 16.5 Å². The average Bonchev–Trinajstić information content (AvgIpc) is 2.98. The van der Waals surface area contributed by atoms with Crippen LogP contribution in [0.5, 0.6) is 0 Å². The van der Waals surface area contributed by atoms with Crippen LogP contribution in [0.4, 0.5) is 4.39 Å². The van der Waals surface area contributed by atoms with E-state index in [2.05, 4.69) is 9.97 Å². The van der Waals surface area contributed by atoms with Gasteiger partial charge in [0.15, 0.2) is 5.58 Å². The maximum Gasteiger partial charge on any atom is 0.336 e. The van der Waals surface area contributed by atoms with Gasteiger partial charge in [0.1, 0.15) is 16.5 Å². The van der Waals surface area contributed by atoms with Gasteiger partial charge < -0.3 is 9.52 Å². The molecule has 0 aliphatic rings. The molecule has 1 N–H and O–H groups in total. The molecule has 2 heterocycles. The predicted molar refractivity (Wildman–Crippen MR) is 86.7 cm³/mol. The number of carboxylic acid groups (broad SMARTS) is 1. The number of carboxylic acids is 1. The maximum atomic E-state index is 13.4. The van der Waals surface area contributed by atoms with Crippen molar-refractivity contribution in [1.82, 2.24) is 9.97 Å². The Balaban J connectivity index is 2.06. The first-order valence-corrected chi connectivity index (χ1v) is 7.30. The van der Waals surface area contributed by atoms with Crippen molar-refractivity contribution in [3.05, 3.63) is 59.0 Å². The van der Waals surface area contributed by atoms with Crippen LogP contribution in [0.2, 0.25) is 5.15 Å². The van der Waals surface area contributed by atoms with Crippen molar-refractivity contribution in [2.24, 2.45) is 0 Å². The average molecular weight is 343 g/mol. The summed E-state index contributed by atoms with van der Waals surface area (Å²) in [6, 6.07) is 10.3. The van der Waals surface area contributed by atoms with Gasteiger partial charge in [0.2, 0.25) is 5.89 Å². The van der Waals surface area contributed by atoms with E-state index in [1.165, 1.54) is 18.2 Å². The molecule has 0 atom stereocenters. The lowest BCUT2D eigenvalue weighted by atomic mass is 10.1. The van der Waals surface area contributed by atoms with Crippen LogP contribution in [0.3, 0.4) is 0 Å². The first kappa shape index (κ1) is 14.6. The molecular weight excluding hydrogens is 335 g/mol. The van der Waals surface area contributed by atoms with Crippen molar-refractivity contribution in [2.45, 2.75) is 0 Å². The van der Waals surface area contributed by atoms with E-state index in [-0.39, 0.29) is 22.2 Å². The fourth-order valence-electron chi connectivity index (χ4n) is 2.59. The minimum Gasteiger partial charge on any atom is -0.478 e. The lowest BCUT2D eigenvalue weighted by molar-refractivity contribution is 0.0699. The van der Waals surface area contributed by atoms with Crippen LogP contribution in [0.15, 0.2) is 46.9 Å². The highest BCUT2D eigenvalue weighted by molar-refractivity contribution is 6.30. The summed E-state index contributed by atoms with van der Waals surface area (Å²) in [4.78, 5) is 20.0. The Labute approximate surface area is 139 Å². The van der Waals surface area contributed by atoms with Gasteiger partial charge in [-0.1, -0.05) is 17.7 Å². The van der Waals surface area contributed by atoms with Crippen LogP contribution >= 0.6 is 11.6 Å². The molecule has 0 spiro atoms. The monoisotopic (exact) mass is 342 g/mol. The summed E-state index contributed by atoms with van der Waals surface area (Å²) in [6.07, 6.45) is 0. The molecule has 2 aromatic carbocycles. The largest absolute Gasteiger partial charge is 0.478 e. The second-order valence-corrected chi connectivity index (χ2v) is 5.52. The third-order valence-electron chi connectivity index (χ3n) is 3.60. The molecule has 0 fully saturated rings. The Morgan fingerprint density at radius 2 is 1.92 bits per heavy atom. The number of oxazole rings is 1. The molecule has 5 nitrogen and oxygen atoms in total. The minimum absolute atomic E-state index is 0.0301. The van der Waals surface area contributed by atoms with Crippen LogP contribution in [0.1, 0.15) is 10.4 Å². The van der Waals surface area contributed by atoms with E-state index in [4.69, 9.17) is 16.0 Å². The number of fused-ring (bicyclic) bond motifs is 3. The molecule has 0 saturated heterocycles. The molecule has 4 rings (SSSR count). The highest BCUT2D eigenvalue weighted by atomic mass is 35.5. The molecule has 2 aromatic heterocycles. The van der Waals surface area contributed by atoms with Crippen LogP contribution in [0.25, 0.3) is 33.5 Å². The third-order valence-corrected chi connectivity index (χ3v) is 3.79. The van der Waals surface area contributed by atoms with E-state index >= 15 is 0 Å². The topological polar surface area (TPSA) is 76.2 Å². The Bertz CT molecular complexity index is 1120. The van der Waals surface area contributed by atoms with Gasteiger partial charge in [-0.3, -0.25) is 0 Å². The van der Waals surface area contributed by atoms with E-state index in [1.54, 1.807) is 24.3 Å². The molecule has 118 valence electrons. The van der Waals surface area contributed by atoms with Crippen molar-refractivity contribution in [3.63, 3.8) is 0 Å². The Hall–Kier alpha value is -2.99. The lowest BCUT2D eigenvalue weighted by Crippen LogP contribution is -1.99. The molecule has 4 aromatic rings. The Morgan fingerprint density at radius 3 is 2.67 bits per heavy atom. The van der Waals surface area contributed by atoms with Crippen molar-refractivity contribution in [3.8, 4) is 11.5 Å². The number of aromatic nitrogens is 2. The van der Waals surface area contributed by atoms with Gasteiger partial charge in [-0.05, 0) is 36.4 Å². The molecule has 0 amide bonds.